The molecule has 0 radical (unpaired) electrons. The number of aromatic amines is 1. The summed E-state index contributed by atoms with van der Waals surface area (Å²) < 4.78 is 5.34. The Labute approximate surface area is 163 Å². The lowest BCUT2D eigenvalue weighted by molar-refractivity contribution is 0.415. The van der Waals surface area contributed by atoms with Crippen LogP contribution in [-0.4, -0.2) is 38.6 Å². The highest BCUT2D eigenvalue weighted by Crippen LogP contribution is 2.38. The van der Waals surface area contributed by atoms with E-state index in [0.29, 0.717) is 0 Å². The second-order valence-corrected chi connectivity index (χ2v) is 7.17. The number of hydrogen-bond acceptors (Lipinski definition) is 5. The number of benzene rings is 2. The number of nitrogens with one attached hydrogen (secondary N) is 1. The van der Waals surface area contributed by atoms with Crippen LogP contribution in [0.15, 0.2) is 48.8 Å². The number of rotatable bonds is 4. The average Bonchev–Trinajstić information content (AvgIpc) is 3.46. The minimum Gasteiger partial charge on any atom is -0.497 e. The van der Waals surface area contributed by atoms with Crippen molar-refractivity contribution in [2.45, 2.75) is 25.8 Å². The summed E-state index contributed by atoms with van der Waals surface area (Å²) in [5.74, 6) is 1.82. The lowest BCUT2D eigenvalue weighted by Crippen LogP contribution is -2.25. The van der Waals surface area contributed by atoms with Gasteiger partial charge in [0.05, 0.1) is 42.3 Å². The van der Waals surface area contributed by atoms with Crippen molar-refractivity contribution >= 4 is 16.7 Å². The molecule has 7 nitrogen and oxygen atoms in total. The van der Waals surface area contributed by atoms with E-state index in [4.69, 9.17) is 9.72 Å². The zero-order chi connectivity index (χ0) is 19.1. The monoisotopic (exact) mass is 374 g/mol. The Morgan fingerprint density at radius 1 is 1.07 bits per heavy atom. The molecule has 0 aliphatic carbocycles. The lowest BCUT2D eigenvalue weighted by atomic mass is 10.1. The van der Waals surface area contributed by atoms with Crippen LogP contribution in [-0.2, 0) is 0 Å². The molecule has 0 spiro atoms. The van der Waals surface area contributed by atoms with Crippen molar-refractivity contribution in [1.29, 1.82) is 0 Å². The van der Waals surface area contributed by atoms with Crippen molar-refractivity contribution < 1.29 is 4.74 Å². The van der Waals surface area contributed by atoms with Crippen LogP contribution in [0.3, 0.4) is 0 Å². The van der Waals surface area contributed by atoms with Crippen LogP contribution in [0.5, 0.6) is 5.75 Å². The van der Waals surface area contributed by atoms with E-state index in [2.05, 4.69) is 45.2 Å². The number of aryl methyl sites for hydroxylation is 1. The first-order valence-electron chi connectivity index (χ1n) is 9.50. The van der Waals surface area contributed by atoms with Crippen LogP contribution in [0, 0.1) is 6.92 Å². The molecular weight excluding hydrogens is 352 g/mol. The molecule has 2 aromatic carbocycles. The van der Waals surface area contributed by atoms with Crippen molar-refractivity contribution in [1.82, 2.24) is 25.0 Å². The fourth-order valence-electron chi connectivity index (χ4n) is 4.01. The molecule has 7 heteroatoms. The van der Waals surface area contributed by atoms with E-state index in [1.807, 2.05) is 18.2 Å². The molecule has 1 aliphatic heterocycles. The molecule has 4 aromatic rings. The topological polar surface area (TPSA) is 71.9 Å². The number of hydrogen-bond donors (Lipinski definition) is 1. The summed E-state index contributed by atoms with van der Waals surface area (Å²) >= 11 is 0. The number of H-pyrrole nitrogens is 1. The maximum Gasteiger partial charge on any atom is 0.130 e. The van der Waals surface area contributed by atoms with E-state index in [1.165, 1.54) is 5.56 Å². The molecule has 3 heterocycles. The third kappa shape index (κ3) is 2.79. The first-order valence-corrected chi connectivity index (χ1v) is 9.50. The second-order valence-electron chi connectivity index (χ2n) is 7.17. The Kier molecular flexibility index (Phi) is 4.00. The van der Waals surface area contributed by atoms with Gasteiger partial charge >= 0.3 is 0 Å². The van der Waals surface area contributed by atoms with Gasteiger partial charge in [-0.2, -0.15) is 10.2 Å². The van der Waals surface area contributed by atoms with Crippen LogP contribution in [0.2, 0.25) is 0 Å². The number of aromatic nitrogens is 5. The van der Waals surface area contributed by atoms with Crippen LogP contribution in [0.25, 0.3) is 16.7 Å². The standard InChI is InChI=1S/C21H22N6O/c1-14-5-8-18(27-22-9-10-23-27)20(12-14)26-11-3-4-19(26)21-24-16-7-6-15(28-2)13-17(16)25-21/h5-10,12-13,19H,3-4,11H2,1-2H3,(H,24,25)/t19-/m0/s1. The summed E-state index contributed by atoms with van der Waals surface area (Å²) in [6.45, 7) is 3.09. The van der Waals surface area contributed by atoms with E-state index in [9.17, 15) is 0 Å². The van der Waals surface area contributed by atoms with Crippen molar-refractivity contribution in [2.75, 3.05) is 18.6 Å². The smallest absolute Gasteiger partial charge is 0.130 e. The quantitative estimate of drug-likeness (QED) is 0.588. The number of nitrogens with zero attached hydrogens (tertiary/aromatic N) is 5. The van der Waals surface area contributed by atoms with Crippen LogP contribution in [0.1, 0.15) is 30.3 Å². The Morgan fingerprint density at radius 3 is 2.75 bits per heavy atom. The summed E-state index contributed by atoms with van der Waals surface area (Å²) in [5, 5.41) is 8.68. The predicted molar refractivity (Wildman–Crippen MR) is 108 cm³/mol. The molecule has 0 unspecified atom stereocenters. The summed E-state index contributed by atoms with van der Waals surface area (Å²) in [6, 6.07) is 12.5. The second kappa shape index (κ2) is 6.67. The molecule has 0 bridgehead atoms. The Balaban J connectivity index is 1.57. The summed E-state index contributed by atoms with van der Waals surface area (Å²) in [5.41, 5.74) is 5.29. The van der Waals surface area contributed by atoms with Gasteiger partial charge in [-0.05, 0) is 49.6 Å². The Bertz CT molecular complexity index is 1120. The minimum absolute atomic E-state index is 0.189. The van der Waals surface area contributed by atoms with E-state index < -0.39 is 0 Å². The van der Waals surface area contributed by atoms with Gasteiger partial charge in [0.1, 0.15) is 17.3 Å². The maximum atomic E-state index is 5.34. The van der Waals surface area contributed by atoms with E-state index in [1.54, 1.807) is 24.3 Å². The van der Waals surface area contributed by atoms with Crippen LogP contribution < -0.4 is 9.64 Å². The molecule has 1 atom stereocenters. The highest BCUT2D eigenvalue weighted by atomic mass is 16.5. The van der Waals surface area contributed by atoms with Crippen molar-refractivity contribution in [3.05, 3.63) is 60.2 Å². The molecule has 28 heavy (non-hydrogen) atoms. The predicted octanol–water partition coefficient (Wildman–Crippen LogP) is 3.80. The molecule has 142 valence electrons. The van der Waals surface area contributed by atoms with E-state index >= 15 is 0 Å². The highest BCUT2D eigenvalue weighted by Gasteiger charge is 2.31. The molecule has 0 saturated carbocycles. The van der Waals surface area contributed by atoms with Gasteiger partial charge in [0.25, 0.3) is 0 Å². The minimum atomic E-state index is 0.189. The first kappa shape index (κ1) is 16.8. The van der Waals surface area contributed by atoms with Gasteiger partial charge in [-0.15, -0.1) is 4.80 Å². The number of methoxy groups -OCH3 is 1. The number of anilines is 1. The van der Waals surface area contributed by atoms with Gasteiger partial charge in [0.15, 0.2) is 0 Å². The number of ether oxygens (including phenoxy) is 1. The lowest BCUT2D eigenvalue weighted by Gasteiger charge is -2.27. The molecule has 1 aliphatic rings. The van der Waals surface area contributed by atoms with Crippen molar-refractivity contribution in [2.24, 2.45) is 0 Å². The van der Waals surface area contributed by atoms with Crippen molar-refractivity contribution in [3.8, 4) is 11.4 Å². The van der Waals surface area contributed by atoms with Crippen LogP contribution in [0.4, 0.5) is 5.69 Å². The van der Waals surface area contributed by atoms with Crippen molar-refractivity contribution in [3.63, 3.8) is 0 Å². The summed E-state index contributed by atoms with van der Waals surface area (Å²) in [6.07, 6.45) is 5.58. The highest BCUT2D eigenvalue weighted by molar-refractivity contribution is 5.77. The zero-order valence-corrected chi connectivity index (χ0v) is 16.0. The number of fused-ring (bicyclic) bond motifs is 1. The van der Waals surface area contributed by atoms with Gasteiger partial charge in [-0.1, -0.05) is 6.07 Å². The third-order valence-corrected chi connectivity index (χ3v) is 5.35. The zero-order valence-electron chi connectivity index (χ0n) is 16.0. The van der Waals surface area contributed by atoms with Gasteiger partial charge < -0.3 is 14.6 Å². The fourth-order valence-corrected chi connectivity index (χ4v) is 4.01. The van der Waals surface area contributed by atoms with Gasteiger partial charge in [0.2, 0.25) is 0 Å². The largest absolute Gasteiger partial charge is 0.497 e. The number of imidazole rings is 1. The SMILES string of the molecule is COc1ccc2nc([C@@H]3CCCN3c3cc(C)ccc3-n3nccn3)[nH]c2c1. The first-order chi connectivity index (χ1) is 13.7. The van der Waals surface area contributed by atoms with Gasteiger partial charge in [0, 0.05) is 12.6 Å². The fraction of sp³-hybridized carbons (Fsp3) is 0.286. The third-order valence-electron chi connectivity index (χ3n) is 5.35. The normalized spacial score (nSPS) is 16.8. The van der Waals surface area contributed by atoms with Gasteiger partial charge in [-0.25, -0.2) is 4.98 Å². The summed E-state index contributed by atoms with van der Waals surface area (Å²) in [4.78, 5) is 12.5. The molecule has 1 N–H and O–H groups in total. The molecule has 1 saturated heterocycles. The van der Waals surface area contributed by atoms with Crippen LogP contribution >= 0.6 is 0 Å². The molecule has 5 rings (SSSR count). The molecule has 0 amide bonds. The Morgan fingerprint density at radius 2 is 1.93 bits per heavy atom. The van der Waals surface area contributed by atoms with Gasteiger partial charge in [-0.3, -0.25) is 0 Å². The average molecular weight is 374 g/mol. The van der Waals surface area contributed by atoms with E-state index in [-0.39, 0.29) is 6.04 Å². The Hall–Kier alpha value is -3.35. The molecule has 1 fully saturated rings. The van der Waals surface area contributed by atoms with E-state index in [0.717, 1.165) is 53.4 Å². The maximum absolute atomic E-state index is 5.34. The summed E-state index contributed by atoms with van der Waals surface area (Å²) in [7, 11) is 1.68. The molecule has 2 aromatic heterocycles. The molecular formula is C21H22N6O.